The Kier molecular flexibility index (Phi) is 6.80. The predicted octanol–water partition coefficient (Wildman–Crippen LogP) is 5.08. The molecule has 0 spiro atoms. The first kappa shape index (κ1) is 19.2. The van der Waals surface area contributed by atoms with Crippen LogP contribution >= 0.6 is 0 Å². The van der Waals surface area contributed by atoms with Gasteiger partial charge in [-0.25, -0.2) is 4.68 Å². The van der Waals surface area contributed by atoms with Crippen molar-refractivity contribution in [2.45, 2.75) is 66.2 Å². The number of carbonyl (C=O) groups is 1. The average Bonchev–Trinajstić information content (AvgIpc) is 2.91. The number of unbranched alkanes of at least 4 members (excludes halogenated alkanes) is 1. The summed E-state index contributed by atoms with van der Waals surface area (Å²) in [6.45, 7) is 10.4. The molecular formula is C21H30N2O2. The first-order chi connectivity index (χ1) is 12.0. The minimum absolute atomic E-state index is 0.00260. The lowest BCUT2D eigenvalue weighted by Crippen LogP contribution is -2.22. The van der Waals surface area contributed by atoms with Gasteiger partial charge in [0.15, 0.2) is 6.61 Å². The highest BCUT2D eigenvalue weighted by molar-refractivity contribution is 5.80. The van der Waals surface area contributed by atoms with Crippen molar-refractivity contribution in [2.24, 2.45) is 0 Å². The number of aryl methyl sites for hydroxylation is 1. The maximum Gasteiger partial charge on any atom is 0.284 e. The summed E-state index contributed by atoms with van der Waals surface area (Å²) in [4.78, 5) is 12.6. The molecule has 0 amide bonds. The maximum atomic E-state index is 12.6. The van der Waals surface area contributed by atoms with Crippen molar-refractivity contribution in [3.05, 3.63) is 46.8 Å². The van der Waals surface area contributed by atoms with E-state index in [1.54, 1.807) is 0 Å². The van der Waals surface area contributed by atoms with E-state index in [1.165, 1.54) is 10.2 Å². The summed E-state index contributed by atoms with van der Waals surface area (Å²) >= 11 is 0. The zero-order chi connectivity index (χ0) is 18.4. The number of ether oxygens (including phenoxy) is 1. The molecule has 136 valence electrons. The third kappa shape index (κ3) is 4.50. The van der Waals surface area contributed by atoms with Gasteiger partial charge in [0.05, 0.1) is 5.69 Å². The minimum Gasteiger partial charge on any atom is -0.483 e. The fourth-order valence-corrected chi connectivity index (χ4v) is 3.07. The summed E-state index contributed by atoms with van der Waals surface area (Å²) in [6, 6.07) is 7.96. The second-order valence-electron chi connectivity index (χ2n) is 6.69. The Morgan fingerprint density at radius 1 is 1.24 bits per heavy atom. The lowest BCUT2D eigenvalue weighted by atomic mass is 9.98. The second-order valence-corrected chi connectivity index (χ2v) is 6.69. The molecule has 25 heavy (non-hydrogen) atoms. The monoisotopic (exact) mass is 342 g/mol. The summed E-state index contributed by atoms with van der Waals surface area (Å²) in [5.41, 5.74) is 4.22. The van der Waals surface area contributed by atoms with E-state index >= 15 is 0 Å². The van der Waals surface area contributed by atoms with Crippen molar-refractivity contribution in [3.8, 4) is 5.75 Å². The maximum absolute atomic E-state index is 12.6. The van der Waals surface area contributed by atoms with Gasteiger partial charge in [0.2, 0.25) is 0 Å². The third-order valence-corrected chi connectivity index (χ3v) is 4.87. The molecule has 0 aliphatic rings. The SMILES string of the molecule is CCCCc1c(C)nn(C(=O)COc2ccccc2C(C)CC)c1C. The number of carbonyl (C=O) groups excluding carboxylic acids is 1. The van der Waals surface area contributed by atoms with Crippen molar-refractivity contribution in [1.82, 2.24) is 9.78 Å². The van der Waals surface area contributed by atoms with Crippen molar-refractivity contribution in [3.63, 3.8) is 0 Å². The molecule has 1 aromatic carbocycles. The Hall–Kier alpha value is -2.10. The topological polar surface area (TPSA) is 44.1 Å². The fourth-order valence-electron chi connectivity index (χ4n) is 3.07. The van der Waals surface area contributed by atoms with E-state index in [2.05, 4.69) is 31.9 Å². The van der Waals surface area contributed by atoms with Crippen LogP contribution in [0.4, 0.5) is 0 Å². The van der Waals surface area contributed by atoms with Gasteiger partial charge in [0.25, 0.3) is 5.91 Å². The van der Waals surface area contributed by atoms with E-state index < -0.39 is 0 Å². The van der Waals surface area contributed by atoms with Gasteiger partial charge in [-0.2, -0.15) is 5.10 Å². The van der Waals surface area contributed by atoms with Gasteiger partial charge in [-0.15, -0.1) is 0 Å². The Bertz CT molecular complexity index is 719. The molecule has 0 aliphatic carbocycles. The number of nitrogens with zero attached hydrogens (tertiary/aromatic N) is 2. The quantitative estimate of drug-likeness (QED) is 0.672. The van der Waals surface area contributed by atoms with Gasteiger partial charge in [-0.3, -0.25) is 4.79 Å². The molecule has 1 aromatic heterocycles. The number of para-hydroxylation sites is 1. The number of hydrogen-bond donors (Lipinski definition) is 0. The average molecular weight is 342 g/mol. The largest absolute Gasteiger partial charge is 0.483 e. The highest BCUT2D eigenvalue weighted by Crippen LogP contribution is 2.28. The van der Waals surface area contributed by atoms with Crippen LogP contribution in [-0.4, -0.2) is 22.3 Å². The van der Waals surface area contributed by atoms with Crippen molar-refractivity contribution >= 4 is 5.91 Å². The molecule has 1 heterocycles. The Labute approximate surface area is 151 Å². The van der Waals surface area contributed by atoms with Crippen molar-refractivity contribution in [1.29, 1.82) is 0 Å². The zero-order valence-corrected chi connectivity index (χ0v) is 16.1. The minimum atomic E-state index is -0.123. The Morgan fingerprint density at radius 3 is 2.64 bits per heavy atom. The molecule has 0 bridgehead atoms. The van der Waals surface area contributed by atoms with Crippen molar-refractivity contribution < 1.29 is 9.53 Å². The van der Waals surface area contributed by atoms with E-state index in [-0.39, 0.29) is 12.5 Å². The van der Waals surface area contributed by atoms with Crippen LogP contribution in [0.1, 0.15) is 73.3 Å². The summed E-state index contributed by atoms with van der Waals surface area (Å²) in [7, 11) is 0. The third-order valence-electron chi connectivity index (χ3n) is 4.87. The van der Waals surface area contributed by atoms with Crippen LogP contribution < -0.4 is 4.74 Å². The molecule has 0 saturated carbocycles. The molecule has 0 N–H and O–H groups in total. The number of hydrogen-bond acceptors (Lipinski definition) is 3. The summed E-state index contributed by atoms with van der Waals surface area (Å²) in [5, 5.41) is 4.44. The molecule has 0 fully saturated rings. The number of aromatic nitrogens is 2. The van der Waals surface area contributed by atoms with E-state index in [0.29, 0.717) is 5.92 Å². The lowest BCUT2D eigenvalue weighted by Gasteiger charge is -2.15. The highest BCUT2D eigenvalue weighted by Gasteiger charge is 2.17. The predicted molar refractivity (Wildman–Crippen MR) is 102 cm³/mol. The van der Waals surface area contributed by atoms with Gasteiger partial charge in [-0.05, 0) is 56.2 Å². The van der Waals surface area contributed by atoms with E-state index in [4.69, 9.17) is 4.74 Å². The van der Waals surface area contributed by atoms with Gasteiger partial charge < -0.3 is 4.74 Å². The summed E-state index contributed by atoms with van der Waals surface area (Å²) in [6.07, 6.45) is 4.25. The molecule has 2 rings (SSSR count). The van der Waals surface area contributed by atoms with Gasteiger partial charge in [0.1, 0.15) is 5.75 Å². The van der Waals surface area contributed by atoms with Crippen LogP contribution in [-0.2, 0) is 6.42 Å². The zero-order valence-electron chi connectivity index (χ0n) is 16.1. The van der Waals surface area contributed by atoms with Crippen LogP contribution in [0.25, 0.3) is 0 Å². The lowest BCUT2D eigenvalue weighted by molar-refractivity contribution is 0.0817. The molecule has 0 aliphatic heterocycles. The molecule has 1 atom stereocenters. The van der Waals surface area contributed by atoms with Crippen LogP contribution in [0.5, 0.6) is 5.75 Å². The van der Waals surface area contributed by atoms with Crippen LogP contribution in [0.3, 0.4) is 0 Å². The normalized spacial score (nSPS) is 12.2. The smallest absolute Gasteiger partial charge is 0.284 e. The molecule has 2 aromatic rings. The van der Waals surface area contributed by atoms with Crippen LogP contribution in [0, 0.1) is 13.8 Å². The van der Waals surface area contributed by atoms with Gasteiger partial charge in [-0.1, -0.05) is 45.4 Å². The first-order valence-electron chi connectivity index (χ1n) is 9.29. The standard InChI is InChI=1S/C21H30N2O2/c1-6-8-11-19-16(4)22-23(17(19)5)21(24)14-25-20-13-10-9-12-18(20)15(3)7-2/h9-10,12-13,15H,6-8,11,14H2,1-5H3. The van der Waals surface area contributed by atoms with E-state index in [1.807, 2.05) is 32.0 Å². The molecule has 4 nitrogen and oxygen atoms in total. The van der Waals surface area contributed by atoms with Crippen LogP contribution in [0.2, 0.25) is 0 Å². The first-order valence-corrected chi connectivity index (χ1v) is 9.29. The Balaban J connectivity index is 2.11. The van der Waals surface area contributed by atoms with E-state index in [0.717, 1.165) is 48.4 Å². The van der Waals surface area contributed by atoms with Crippen molar-refractivity contribution in [2.75, 3.05) is 6.61 Å². The molecule has 1 unspecified atom stereocenters. The molecule has 4 heteroatoms. The summed E-state index contributed by atoms with van der Waals surface area (Å²) in [5.74, 6) is 1.07. The molecule has 0 radical (unpaired) electrons. The fraction of sp³-hybridized carbons (Fsp3) is 0.524. The van der Waals surface area contributed by atoms with Crippen LogP contribution in [0.15, 0.2) is 24.3 Å². The summed E-state index contributed by atoms with van der Waals surface area (Å²) < 4.78 is 7.36. The van der Waals surface area contributed by atoms with Gasteiger partial charge in [0, 0.05) is 5.69 Å². The van der Waals surface area contributed by atoms with Gasteiger partial charge >= 0.3 is 0 Å². The highest BCUT2D eigenvalue weighted by atomic mass is 16.5. The second kappa shape index (κ2) is 8.84. The molecular weight excluding hydrogens is 312 g/mol. The number of benzene rings is 1. The number of rotatable bonds is 8. The molecule has 0 saturated heterocycles. The Morgan fingerprint density at radius 2 is 1.96 bits per heavy atom. The van der Waals surface area contributed by atoms with E-state index in [9.17, 15) is 4.79 Å².